The minimum atomic E-state index is -1.20. The zero-order chi connectivity index (χ0) is 16.0. The monoisotopic (exact) mass is 299 g/mol. The second-order valence-corrected chi connectivity index (χ2v) is 4.35. The van der Waals surface area contributed by atoms with Crippen molar-refractivity contribution >= 4 is 11.9 Å². The maximum absolute atomic E-state index is 11.6. The molecule has 0 radical (unpaired) electrons. The van der Waals surface area contributed by atoms with Crippen LogP contribution in [-0.4, -0.2) is 45.4 Å². The fourth-order valence-electron chi connectivity index (χ4n) is 1.44. The fraction of sp³-hybridized carbons (Fsp3) is 0.417. The van der Waals surface area contributed by atoms with Gasteiger partial charge in [-0.3, -0.25) is 9.59 Å². The summed E-state index contributed by atoms with van der Waals surface area (Å²) < 4.78 is 6.17. The largest absolute Gasteiger partial charge is 0.480 e. The zero-order valence-corrected chi connectivity index (χ0v) is 11.1. The van der Waals surface area contributed by atoms with Gasteiger partial charge in [0.2, 0.25) is 5.43 Å². The number of hydrogen-bond donors (Lipinski definition) is 4. The second-order valence-electron chi connectivity index (χ2n) is 4.35. The molecule has 0 spiro atoms. The number of ether oxygens (including phenoxy) is 1. The van der Waals surface area contributed by atoms with Gasteiger partial charge in [0.05, 0.1) is 6.20 Å². The third kappa shape index (κ3) is 4.99. The Morgan fingerprint density at radius 3 is 2.57 bits per heavy atom. The van der Waals surface area contributed by atoms with Crippen molar-refractivity contribution in [1.82, 2.24) is 4.57 Å². The van der Waals surface area contributed by atoms with Gasteiger partial charge in [-0.25, -0.2) is 4.79 Å². The Hall–Kier alpha value is -2.23. The highest BCUT2D eigenvalue weighted by Gasteiger charge is 2.18. The van der Waals surface area contributed by atoms with Crippen LogP contribution in [0.2, 0.25) is 0 Å². The minimum absolute atomic E-state index is 0.00372. The number of carboxylic acid groups (broad SMARTS) is 1. The Labute approximate surface area is 119 Å². The number of carbonyl (C=O) groups excluding carboxylic acids is 1. The number of esters is 1. The highest BCUT2D eigenvalue weighted by Crippen LogP contribution is 2.05. The van der Waals surface area contributed by atoms with Crippen LogP contribution in [0.1, 0.15) is 6.42 Å². The van der Waals surface area contributed by atoms with Crippen molar-refractivity contribution in [2.24, 2.45) is 11.5 Å². The zero-order valence-electron chi connectivity index (χ0n) is 11.1. The van der Waals surface area contributed by atoms with Crippen LogP contribution in [0.5, 0.6) is 5.75 Å². The van der Waals surface area contributed by atoms with Gasteiger partial charge in [0, 0.05) is 25.4 Å². The molecule has 0 aromatic carbocycles. The van der Waals surface area contributed by atoms with E-state index in [0.29, 0.717) is 0 Å². The number of rotatable bonds is 7. The van der Waals surface area contributed by atoms with E-state index in [1.165, 1.54) is 17.0 Å². The molecular weight excluding hydrogens is 282 g/mol. The minimum Gasteiger partial charge on any atom is -0.480 e. The highest BCUT2D eigenvalue weighted by molar-refractivity contribution is 5.77. The molecule has 1 aromatic heterocycles. The normalized spacial score (nSPS) is 13.5. The Morgan fingerprint density at radius 2 is 2.00 bits per heavy atom. The smallest absolute Gasteiger partial charge is 0.328 e. The highest BCUT2D eigenvalue weighted by atomic mass is 16.5. The van der Waals surface area contributed by atoms with Gasteiger partial charge < -0.3 is 31.0 Å². The van der Waals surface area contributed by atoms with Crippen LogP contribution >= 0.6 is 0 Å². The first-order chi connectivity index (χ1) is 9.85. The van der Waals surface area contributed by atoms with Crippen molar-refractivity contribution in [3.63, 3.8) is 0 Å². The molecule has 9 heteroatoms. The molecule has 21 heavy (non-hydrogen) atoms. The summed E-state index contributed by atoms with van der Waals surface area (Å²) in [6.45, 7) is -0.383. The fourth-order valence-corrected chi connectivity index (χ4v) is 1.44. The molecule has 6 N–H and O–H groups in total. The summed E-state index contributed by atoms with van der Waals surface area (Å²) in [6.07, 6.45) is 2.51. The van der Waals surface area contributed by atoms with Gasteiger partial charge in [-0.1, -0.05) is 0 Å². The molecule has 1 aromatic rings. The lowest BCUT2D eigenvalue weighted by Gasteiger charge is -2.13. The molecule has 0 aliphatic heterocycles. The molecule has 9 nitrogen and oxygen atoms in total. The molecule has 0 fully saturated rings. The molecule has 2 atom stereocenters. The van der Waals surface area contributed by atoms with Crippen molar-refractivity contribution in [3.05, 3.63) is 28.7 Å². The van der Waals surface area contributed by atoms with Crippen molar-refractivity contribution < 1.29 is 24.5 Å². The van der Waals surface area contributed by atoms with E-state index in [1.807, 2.05) is 0 Å². The lowest BCUT2D eigenvalue weighted by Crippen LogP contribution is -2.36. The van der Waals surface area contributed by atoms with Gasteiger partial charge in [0.25, 0.3) is 0 Å². The number of aliphatic hydroxyl groups is 1. The first-order valence-electron chi connectivity index (χ1n) is 6.11. The molecule has 0 aliphatic rings. The number of aromatic nitrogens is 1. The lowest BCUT2D eigenvalue weighted by atomic mass is 10.2. The van der Waals surface area contributed by atoms with Crippen LogP contribution in [0.4, 0.5) is 0 Å². The van der Waals surface area contributed by atoms with Crippen LogP contribution in [0, 0.1) is 0 Å². The Balaban J connectivity index is 2.85. The van der Waals surface area contributed by atoms with Crippen LogP contribution in [0.3, 0.4) is 0 Å². The van der Waals surface area contributed by atoms with E-state index in [4.69, 9.17) is 26.4 Å². The van der Waals surface area contributed by atoms with E-state index in [9.17, 15) is 14.4 Å². The topological polar surface area (TPSA) is 158 Å². The van der Waals surface area contributed by atoms with Crippen LogP contribution in [0.15, 0.2) is 23.3 Å². The number of pyridine rings is 1. The summed E-state index contributed by atoms with van der Waals surface area (Å²) in [5.41, 5.74) is 10.3. The second kappa shape index (κ2) is 7.53. The van der Waals surface area contributed by atoms with Gasteiger partial charge in [0.15, 0.2) is 5.75 Å². The number of carbonyl (C=O) groups is 2. The Kier molecular flexibility index (Phi) is 6.03. The molecule has 0 saturated carbocycles. The third-order valence-corrected chi connectivity index (χ3v) is 2.62. The van der Waals surface area contributed by atoms with Gasteiger partial charge in [-0.2, -0.15) is 0 Å². The Bertz CT molecular complexity index is 570. The lowest BCUT2D eigenvalue weighted by molar-refractivity contribution is -0.139. The maximum Gasteiger partial charge on any atom is 0.328 e. The van der Waals surface area contributed by atoms with Crippen LogP contribution in [0.25, 0.3) is 0 Å². The van der Waals surface area contributed by atoms with Gasteiger partial charge in [0.1, 0.15) is 12.1 Å². The van der Waals surface area contributed by atoms with Gasteiger partial charge >= 0.3 is 11.9 Å². The third-order valence-electron chi connectivity index (χ3n) is 2.62. The van der Waals surface area contributed by atoms with Crippen molar-refractivity contribution in [2.45, 2.75) is 25.0 Å². The van der Waals surface area contributed by atoms with E-state index in [2.05, 4.69) is 0 Å². The molecule has 116 valence electrons. The van der Waals surface area contributed by atoms with Crippen LogP contribution in [-0.2, 0) is 16.1 Å². The van der Waals surface area contributed by atoms with E-state index < -0.39 is 29.5 Å². The summed E-state index contributed by atoms with van der Waals surface area (Å²) in [5.74, 6) is -2.34. The first kappa shape index (κ1) is 16.8. The van der Waals surface area contributed by atoms with E-state index in [0.717, 1.165) is 6.07 Å². The molecule has 0 bridgehead atoms. The average molecular weight is 299 g/mol. The summed E-state index contributed by atoms with van der Waals surface area (Å²) in [4.78, 5) is 33.8. The number of nitrogens with two attached hydrogens (primary N) is 2. The molecule has 0 aliphatic carbocycles. The summed E-state index contributed by atoms with van der Waals surface area (Å²) >= 11 is 0. The molecule has 1 heterocycles. The first-order valence-corrected chi connectivity index (χ1v) is 6.11. The summed E-state index contributed by atoms with van der Waals surface area (Å²) in [6, 6.07) is -1.09. The molecular formula is C12H17N3O6. The summed E-state index contributed by atoms with van der Waals surface area (Å²) in [5, 5.41) is 17.4. The Morgan fingerprint density at radius 1 is 1.33 bits per heavy atom. The predicted octanol–water partition coefficient (Wildman–Crippen LogP) is -2.12. The average Bonchev–Trinajstić information content (AvgIpc) is 2.42. The molecule has 0 saturated heterocycles. The molecule has 0 amide bonds. The van der Waals surface area contributed by atoms with Gasteiger partial charge in [-0.15, -0.1) is 0 Å². The predicted molar refractivity (Wildman–Crippen MR) is 71.6 cm³/mol. The van der Waals surface area contributed by atoms with E-state index >= 15 is 0 Å². The van der Waals surface area contributed by atoms with Crippen molar-refractivity contribution in [2.75, 3.05) is 6.61 Å². The van der Waals surface area contributed by atoms with Crippen molar-refractivity contribution in [1.29, 1.82) is 0 Å². The quantitative estimate of drug-likeness (QED) is 0.416. The van der Waals surface area contributed by atoms with E-state index in [-0.39, 0.29) is 25.3 Å². The summed E-state index contributed by atoms with van der Waals surface area (Å²) in [7, 11) is 0. The van der Waals surface area contributed by atoms with E-state index in [1.54, 1.807) is 0 Å². The molecule has 1 rings (SSSR count). The number of carboxylic acids is 1. The standard InChI is InChI=1S/C12H17N3O6/c13-7(2-4-16)12(20)21-10-6-15(3-1-9(10)17)5-8(14)11(18)19/h1,3,6-8,16H,2,4-5,13-14H2,(H,18,19)/t7-,8+/m1/s1. The van der Waals surface area contributed by atoms with Gasteiger partial charge in [-0.05, 0) is 6.42 Å². The number of aliphatic carboxylic acids is 1. The maximum atomic E-state index is 11.6. The SMILES string of the molecule is N[C@H](CCO)C(=O)Oc1cn(C[C@H](N)C(=O)O)ccc1=O. The van der Waals surface area contributed by atoms with Crippen molar-refractivity contribution in [3.8, 4) is 5.75 Å². The molecule has 0 unspecified atom stereocenters. The van der Waals surface area contributed by atoms with Crippen LogP contribution < -0.4 is 21.6 Å². The number of hydrogen-bond acceptors (Lipinski definition) is 7. The number of aliphatic hydroxyl groups excluding tert-OH is 1. The number of nitrogens with zero attached hydrogens (tertiary/aromatic N) is 1.